The Bertz CT molecular complexity index is 1660. The van der Waals surface area contributed by atoms with Crippen molar-refractivity contribution in [2.24, 2.45) is 0 Å². The number of anilines is 3. The van der Waals surface area contributed by atoms with Crippen molar-refractivity contribution in [3.8, 4) is 23.5 Å². The van der Waals surface area contributed by atoms with Crippen molar-refractivity contribution in [1.82, 2.24) is 24.9 Å². The summed E-state index contributed by atoms with van der Waals surface area (Å²) in [6, 6.07) is 5.97. The van der Waals surface area contributed by atoms with Crippen LogP contribution in [0.5, 0.6) is 23.5 Å². The Morgan fingerprint density at radius 2 is 0.791 bits per heavy atom. The van der Waals surface area contributed by atoms with Crippen molar-refractivity contribution in [1.29, 1.82) is 0 Å². The molecule has 43 heavy (non-hydrogen) atoms. The minimum atomic E-state index is -2.52. The average Bonchev–Trinajstić information content (AvgIpc) is 3.02. The number of hydrogen-bond acceptors (Lipinski definition) is 8. The van der Waals surface area contributed by atoms with Crippen LogP contribution in [0.15, 0.2) is 48.8 Å². The van der Waals surface area contributed by atoms with E-state index in [4.69, 9.17) is 9.47 Å². The summed E-state index contributed by atoms with van der Waals surface area (Å²) in [6.45, 7) is 0. The summed E-state index contributed by atoms with van der Waals surface area (Å²) < 4.78 is 149. The van der Waals surface area contributed by atoms with Crippen LogP contribution in [0.4, 0.5) is 61.5 Å². The summed E-state index contributed by atoms with van der Waals surface area (Å²) in [5.74, 6) is -29.2. The van der Waals surface area contributed by atoms with Crippen molar-refractivity contribution in [3.63, 3.8) is 0 Å². The van der Waals surface area contributed by atoms with Gasteiger partial charge in [0.1, 0.15) is 11.6 Å². The molecule has 2 aromatic carbocycles. The van der Waals surface area contributed by atoms with E-state index >= 15 is 0 Å². The van der Waals surface area contributed by atoms with Gasteiger partial charge < -0.3 is 9.47 Å². The highest BCUT2D eigenvalue weighted by Crippen LogP contribution is 2.37. The molecule has 0 aliphatic carbocycles. The zero-order chi connectivity index (χ0) is 31.0. The number of pyridine rings is 2. The molecule has 3 heterocycles. The van der Waals surface area contributed by atoms with E-state index in [0.29, 0.717) is 0 Å². The lowest BCUT2D eigenvalue weighted by atomic mass is 10.2. The average molecular weight is 614 g/mol. The number of hydrogen-bond donors (Lipinski definition) is 0. The monoisotopic (exact) mass is 614 g/mol. The fourth-order valence-electron chi connectivity index (χ4n) is 3.34. The smallest absolute Gasteiger partial charge is 0.330 e. The second-order valence-corrected chi connectivity index (χ2v) is 7.91. The minimum absolute atomic E-state index is 0.0447. The first-order valence-electron chi connectivity index (χ1n) is 11.3. The summed E-state index contributed by atoms with van der Waals surface area (Å²) in [4.78, 5) is 19.9. The van der Waals surface area contributed by atoms with Crippen molar-refractivity contribution < 1.29 is 53.4 Å². The van der Waals surface area contributed by atoms with Gasteiger partial charge in [0.2, 0.25) is 75.6 Å². The fourth-order valence-corrected chi connectivity index (χ4v) is 3.34. The van der Waals surface area contributed by atoms with E-state index in [1.807, 2.05) is 0 Å². The van der Waals surface area contributed by atoms with Gasteiger partial charge in [-0.3, -0.25) is 0 Å². The Morgan fingerprint density at radius 3 is 1.12 bits per heavy atom. The van der Waals surface area contributed by atoms with Crippen molar-refractivity contribution >= 4 is 17.6 Å². The Kier molecular flexibility index (Phi) is 7.66. The normalized spacial score (nSPS) is 11.0. The van der Waals surface area contributed by atoms with Crippen LogP contribution in [-0.4, -0.2) is 24.9 Å². The van der Waals surface area contributed by atoms with Crippen molar-refractivity contribution in [3.05, 3.63) is 107 Å². The standard InChI is InChI=1S/C25H8F10N6O2/c26-11-13(28)17(32)21(18(33)14(11)29)42-24-38-23(41(9-5-1-3-7-36-9)10-6-2-4-8-37-10)39-25(40-24)43-22-19(34)15(30)12(27)16(31)20(22)35/h1-8H. The van der Waals surface area contributed by atoms with Gasteiger partial charge in [-0.05, 0) is 24.3 Å². The first kappa shape index (κ1) is 29.0. The third kappa shape index (κ3) is 5.29. The number of aromatic nitrogens is 5. The highest BCUT2D eigenvalue weighted by atomic mass is 19.2. The maximum atomic E-state index is 14.4. The molecule has 0 saturated carbocycles. The molecule has 18 heteroatoms. The zero-order valence-electron chi connectivity index (χ0n) is 20.4. The van der Waals surface area contributed by atoms with Gasteiger partial charge in [-0.25, -0.2) is 41.2 Å². The van der Waals surface area contributed by atoms with E-state index in [2.05, 4.69) is 24.9 Å². The highest BCUT2D eigenvalue weighted by molar-refractivity contribution is 5.67. The Hall–Kier alpha value is -5.55. The van der Waals surface area contributed by atoms with Crippen LogP contribution >= 0.6 is 0 Å². The van der Waals surface area contributed by atoms with Crippen LogP contribution in [-0.2, 0) is 0 Å². The molecule has 3 aromatic heterocycles. The fraction of sp³-hybridized carbons (Fsp3) is 0. The third-order valence-electron chi connectivity index (χ3n) is 5.27. The molecule has 0 aliphatic rings. The molecule has 0 atom stereocenters. The van der Waals surface area contributed by atoms with Gasteiger partial charge in [0, 0.05) is 12.4 Å². The van der Waals surface area contributed by atoms with E-state index in [9.17, 15) is 43.9 Å². The summed E-state index contributed by atoms with van der Waals surface area (Å²) in [7, 11) is 0. The maximum Gasteiger partial charge on any atom is 0.330 e. The van der Waals surface area contributed by atoms with E-state index in [-0.39, 0.29) is 11.6 Å². The summed E-state index contributed by atoms with van der Waals surface area (Å²) in [5, 5.41) is 0. The van der Waals surface area contributed by atoms with Gasteiger partial charge in [0.05, 0.1) is 0 Å². The quantitative estimate of drug-likeness (QED) is 0.109. The predicted molar refractivity (Wildman–Crippen MR) is 123 cm³/mol. The van der Waals surface area contributed by atoms with E-state index in [1.54, 1.807) is 0 Å². The molecule has 5 aromatic rings. The Labute approximate surface area is 231 Å². The van der Waals surface area contributed by atoms with Crippen LogP contribution < -0.4 is 14.4 Å². The van der Waals surface area contributed by atoms with Gasteiger partial charge in [-0.2, -0.15) is 27.5 Å². The molecule has 0 radical (unpaired) electrons. The van der Waals surface area contributed by atoms with Crippen LogP contribution in [0.2, 0.25) is 0 Å². The van der Waals surface area contributed by atoms with Crippen molar-refractivity contribution in [2.75, 3.05) is 4.90 Å². The maximum absolute atomic E-state index is 14.4. The lowest BCUT2D eigenvalue weighted by Gasteiger charge is -2.21. The molecular formula is C25H8F10N6O2. The Morgan fingerprint density at radius 1 is 0.442 bits per heavy atom. The molecule has 8 nitrogen and oxygen atoms in total. The first-order valence-corrected chi connectivity index (χ1v) is 11.3. The largest absolute Gasteiger partial charge is 0.418 e. The number of nitrogens with zero attached hydrogens (tertiary/aromatic N) is 6. The first-order chi connectivity index (χ1) is 20.5. The van der Waals surface area contributed by atoms with E-state index < -0.39 is 87.6 Å². The molecule has 5 rings (SSSR count). The predicted octanol–water partition coefficient (Wildman–Crippen LogP) is 7.11. The van der Waals surface area contributed by atoms with Crippen LogP contribution in [0.3, 0.4) is 0 Å². The number of halogens is 10. The minimum Gasteiger partial charge on any atom is -0.418 e. The number of ether oxygens (including phenoxy) is 2. The molecule has 0 unspecified atom stereocenters. The van der Waals surface area contributed by atoms with Crippen LogP contribution in [0.1, 0.15) is 0 Å². The van der Waals surface area contributed by atoms with Gasteiger partial charge in [0.25, 0.3) is 0 Å². The number of benzene rings is 2. The summed E-state index contributed by atoms with van der Waals surface area (Å²) >= 11 is 0. The van der Waals surface area contributed by atoms with E-state index in [1.165, 1.54) is 48.8 Å². The third-order valence-corrected chi connectivity index (χ3v) is 5.27. The van der Waals surface area contributed by atoms with E-state index in [0.717, 1.165) is 4.90 Å². The second kappa shape index (κ2) is 11.4. The lowest BCUT2D eigenvalue weighted by Crippen LogP contribution is -2.17. The number of rotatable bonds is 7. The molecular weight excluding hydrogens is 606 g/mol. The van der Waals surface area contributed by atoms with Gasteiger partial charge in [-0.15, -0.1) is 4.98 Å². The molecule has 220 valence electrons. The second-order valence-electron chi connectivity index (χ2n) is 7.91. The summed E-state index contributed by atoms with van der Waals surface area (Å²) in [5.41, 5.74) is 0. The highest BCUT2D eigenvalue weighted by Gasteiger charge is 2.31. The van der Waals surface area contributed by atoms with Crippen LogP contribution in [0.25, 0.3) is 0 Å². The SMILES string of the molecule is Fc1c(F)c(F)c(Oc2nc(Oc3c(F)c(F)c(F)c(F)c3F)nc(N(c3ccccn3)c3ccccn3)n2)c(F)c1F. The van der Waals surface area contributed by atoms with Crippen LogP contribution in [0, 0.1) is 58.2 Å². The molecule has 0 spiro atoms. The lowest BCUT2D eigenvalue weighted by molar-refractivity contribution is 0.307. The Balaban J connectivity index is 1.73. The van der Waals surface area contributed by atoms with Gasteiger partial charge in [-0.1, -0.05) is 12.1 Å². The molecule has 0 fully saturated rings. The van der Waals surface area contributed by atoms with Crippen molar-refractivity contribution in [2.45, 2.75) is 0 Å². The topological polar surface area (TPSA) is 86.2 Å². The molecule has 0 saturated heterocycles. The van der Waals surface area contributed by atoms with Gasteiger partial charge in [0.15, 0.2) is 0 Å². The zero-order valence-corrected chi connectivity index (χ0v) is 20.4. The molecule has 0 N–H and O–H groups in total. The molecule has 0 aliphatic heterocycles. The summed E-state index contributed by atoms with van der Waals surface area (Å²) in [6.07, 6.45) is 2.57. The van der Waals surface area contributed by atoms with Gasteiger partial charge >= 0.3 is 12.0 Å². The molecule has 0 bridgehead atoms. The molecule has 0 amide bonds.